The van der Waals surface area contributed by atoms with Gasteiger partial charge in [0.25, 0.3) is 0 Å². The summed E-state index contributed by atoms with van der Waals surface area (Å²) in [6.07, 6.45) is 8.18. The van der Waals surface area contributed by atoms with Gasteiger partial charge in [-0.3, -0.25) is 0 Å². The van der Waals surface area contributed by atoms with Crippen molar-refractivity contribution in [2.75, 3.05) is 0 Å². The van der Waals surface area contributed by atoms with Crippen molar-refractivity contribution >= 4 is 0 Å². The van der Waals surface area contributed by atoms with E-state index in [2.05, 4.69) is 52.8 Å². The van der Waals surface area contributed by atoms with Crippen LogP contribution < -0.4 is 0 Å². The smallest absolute Gasteiger partial charge is 0.00306 e. The van der Waals surface area contributed by atoms with E-state index in [1.807, 2.05) is 0 Å². The average Bonchev–Trinajstić information content (AvgIpc) is 2.15. The highest BCUT2D eigenvalue weighted by molar-refractivity contribution is 5.22. The van der Waals surface area contributed by atoms with Gasteiger partial charge in [0.15, 0.2) is 0 Å². The quantitative estimate of drug-likeness (QED) is 0.556. The summed E-state index contributed by atoms with van der Waals surface area (Å²) in [5, 5.41) is 0. The molecule has 0 N–H and O–H groups in total. The van der Waals surface area contributed by atoms with Crippen molar-refractivity contribution in [2.24, 2.45) is 17.3 Å². The Morgan fingerprint density at radius 1 is 1.38 bits per heavy atom. The summed E-state index contributed by atoms with van der Waals surface area (Å²) in [6, 6.07) is 0. The molecule has 1 fully saturated rings. The van der Waals surface area contributed by atoms with Crippen molar-refractivity contribution in [2.45, 2.75) is 41.0 Å². The van der Waals surface area contributed by atoms with E-state index < -0.39 is 0 Å². The fourth-order valence-electron chi connectivity index (χ4n) is 2.58. The summed E-state index contributed by atoms with van der Waals surface area (Å²) >= 11 is 0. The second-order valence-electron chi connectivity index (χ2n) is 4.52. The summed E-state index contributed by atoms with van der Waals surface area (Å²) in [7, 11) is 0. The second kappa shape index (κ2) is 3.69. The molecule has 0 spiro atoms. The van der Waals surface area contributed by atoms with Crippen LogP contribution in [0.1, 0.15) is 41.0 Å². The maximum Gasteiger partial charge on any atom is -0.00306 e. The van der Waals surface area contributed by atoms with Crippen LogP contribution in [-0.2, 0) is 0 Å². The molecular formula is C13H22. The monoisotopic (exact) mass is 178 g/mol. The molecule has 1 rings (SSSR count). The maximum atomic E-state index is 2.40. The third-order valence-electron chi connectivity index (χ3n) is 4.11. The van der Waals surface area contributed by atoms with Crippen molar-refractivity contribution in [3.8, 4) is 0 Å². The first-order chi connectivity index (χ1) is 6.07. The molecule has 13 heavy (non-hydrogen) atoms. The van der Waals surface area contributed by atoms with Crippen LogP contribution in [0.2, 0.25) is 0 Å². The summed E-state index contributed by atoms with van der Waals surface area (Å²) in [5.41, 5.74) is 1.98. The van der Waals surface area contributed by atoms with E-state index in [1.54, 1.807) is 5.57 Å². The van der Waals surface area contributed by atoms with E-state index in [1.165, 1.54) is 6.42 Å². The molecule has 74 valence electrons. The first-order valence-corrected chi connectivity index (χ1v) is 5.33. The third kappa shape index (κ3) is 1.47. The van der Waals surface area contributed by atoms with Crippen LogP contribution in [0.3, 0.4) is 0 Å². The van der Waals surface area contributed by atoms with Crippen molar-refractivity contribution in [3.63, 3.8) is 0 Å². The lowest BCUT2D eigenvalue weighted by Crippen LogP contribution is -2.45. The van der Waals surface area contributed by atoms with Gasteiger partial charge in [0.05, 0.1) is 0 Å². The van der Waals surface area contributed by atoms with Crippen LogP contribution in [-0.4, -0.2) is 0 Å². The van der Waals surface area contributed by atoms with Gasteiger partial charge in [0.1, 0.15) is 0 Å². The summed E-state index contributed by atoms with van der Waals surface area (Å²) in [6.45, 7) is 11.3. The molecule has 1 aliphatic rings. The Bertz CT molecular complexity index is 234. The molecule has 0 aromatic heterocycles. The predicted octanol–water partition coefficient (Wildman–Crippen LogP) is 4.19. The molecule has 0 heterocycles. The van der Waals surface area contributed by atoms with Crippen LogP contribution in [0.15, 0.2) is 23.8 Å². The highest BCUT2D eigenvalue weighted by Crippen LogP contribution is 2.56. The van der Waals surface area contributed by atoms with Gasteiger partial charge in [0, 0.05) is 0 Å². The Kier molecular flexibility index (Phi) is 3.00. The van der Waals surface area contributed by atoms with Gasteiger partial charge in [0.2, 0.25) is 0 Å². The first kappa shape index (κ1) is 10.6. The Hall–Kier alpha value is -0.520. The average molecular weight is 178 g/mol. The van der Waals surface area contributed by atoms with Gasteiger partial charge in [-0.2, -0.15) is 0 Å². The van der Waals surface area contributed by atoms with Crippen molar-refractivity contribution in [1.82, 2.24) is 0 Å². The molecule has 0 nitrogen and oxygen atoms in total. The molecule has 0 aromatic carbocycles. The van der Waals surface area contributed by atoms with E-state index in [4.69, 9.17) is 0 Å². The lowest BCUT2D eigenvalue weighted by Gasteiger charge is -2.53. The van der Waals surface area contributed by atoms with Crippen LogP contribution in [0.4, 0.5) is 0 Å². The van der Waals surface area contributed by atoms with Gasteiger partial charge in [-0.25, -0.2) is 0 Å². The summed E-state index contributed by atoms with van der Waals surface area (Å²) in [4.78, 5) is 0. The minimum Gasteiger partial charge on any atom is -0.0914 e. The van der Waals surface area contributed by atoms with Crippen LogP contribution in [0, 0.1) is 17.3 Å². The minimum atomic E-state index is 0.432. The van der Waals surface area contributed by atoms with Gasteiger partial charge < -0.3 is 0 Å². The second-order valence-corrected chi connectivity index (χ2v) is 4.52. The van der Waals surface area contributed by atoms with Gasteiger partial charge in [-0.1, -0.05) is 37.6 Å². The fraction of sp³-hybridized carbons (Fsp3) is 0.692. The Morgan fingerprint density at radius 3 is 2.38 bits per heavy atom. The van der Waals surface area contributed by atoms with Crippen molar-refractivity contribution in [1.29, 1.82) is 0 Å². The first-order valence-electron chi connectivity index (χ1n) is 5.33. The molecule has 1 saturated carbocycles. The molecular weight excluding hydrogens is 156 g/mol. The van der Waals surface area contributed by atoms with E-state index in [9.17, 15) is 0 Å². The van der Waals surface area contributed by atoms with Crippen LogP contribution >= 0.6 is 0 Å². The molecule has 0 aliphatic heterocycles. The SMILES string of the molecule is C/C=C\C1CC(C)C1(C)/C(C)=C\C. The van der Waals surface area contributed by atoms with E-state index >= 15 is 0 Å². The molecule has 0 aromatic rings. The highest BCUT2D eigenvalue weighted by Gasteiger charge is 2.48. The Morgan fingerprint density at radius 2 is 2.00 bits per heavy atom. The normalized spacial score (nSPS) is 40.8. The van der Waals surface area contributed by atoms with Crippen LogP contribution in [0.5, 0.6) is 0 Å². The molecule has 0 saturated heterocycles. The molecule has 3 unspecified atom stereocenters. The lowest BCUT2D eigenvalue weighted by atomic mass is 9.51. The third-order valence-corrected chi connectivity index (χ3v) is 4.11. The zero-order valence-corrected chi connectivity index (χ0v) is 9.59. The molecule has 0 amide bonds. The van der Waals surface area contributed by atoms with Crippen molar-refractivity contribution in [3.05, 3.63) is 23.8 Å². The highest BCUT2D eigenvalue weighted by atomic mass is 14.5. The Labute approximate surface area is 82.7 Å². The van der Waals surface area contributed by atoms with E-state index in [0.29, 0.717) is 5.41 Å². The lowest BCUT2D eigenvalue weighted by molar-refractivity contribution is 0.0448. The predicted molar refractivity (Wildman–Crippen MR) is 59.6 cm³/mol. The number of rotatable bonds is 2. The summed E-state index contributed by atoms with van der Waals surface area (Å²) in [5.74, 6) is 1.61. The molecule has 1 aliphatic carbocycles. The number of hydrogen-bond donors (Lipinski definition) is 0. The minimum absolute atomic E-state index is 0.432. The van der Waals surface area contributed by atoms with Crippen LogP contribution in [0.25, 0.3) is 0 Å². The standard InChI is InChI=1S/C13H22/c1-6-8-12-9-11(4)13(12,5)10(3)7-2/h6-8,11-12H,9H2,1-5H3/b8-6-,10-7-. The molecule has 0 radical (unpaired) electrons. The Balaban J connectivity index is 2.86. The summed E-state index contributed by atoms with van der Waals surface area (Å²) < 4.78 is 0. The molecule has 0 bridgehead atoms. The van der Waals surface area contributed by atoms with Gasteiger partial charge in [-0.15, -0.1) is 0 Å². The topological polar surface area (TPSA) is 0 Å². The number of allylic oxidation sites excluding steroid dienone is 4. The molecule has 0 heteroatoms. The van der Waals surface area contributed by atoms with E-state index in [-0.39, 0.29) is 0 Å². The number of hydrogen-bond acceptors (Lipinski definition) is 0. The largest absolute Gasteiger partial charge is 0.0914 e. The zero-order valence-electron chi connectivity index (χ0n) is 9.59. The van der Waals surface area contributed by atoms with E-state index in [0.717, 1.165) is 11.8 Å². The van der Waals surface area contributed by atoms with Gasteiger partial charge >= 0.3 is 0 Å². The molecule has 3 atom stereocenters. The fourth-order valence-corrected chi connectivity index (χ4v) is 2.58. The maximum absolute atomic E-state index is 2.40. The zero-order chi connectivity index (χ0) is 10.1. The van der Waals surface area contributed by atoms with Gasteiger partial charge in [-0.05, 0) is 44.4 Å². The van der Waals surface area contributed by atoms with Crippen molar-refractivity contribution < 1.29 is 0 Å².